The van der Waals surface area contributed by atoms with Gasteiger partial charge in [-0.3, -0.25) is 0 Å². The van der Waals surface area contributed by atoms with Crippen molar-refractivity contribution in [2.45, 2.75) is 20.3 Å². The zero-order valence-corrected chi connectivity index (χ0v) is 37.8. The molecule has 6 rings (SSSR count). The molecule has 0 aliphatic carbocycles. The number of aliphatic imine (C=N–C) groups is 1. The summed E-state index contributed by atoms with van der Waals surface area (Å²) in [6.45, 7) is 8.62. The molecule has 248 valence electrons. The maximum absolute atomic E-state index is 5.91. The Bertz CT molecular complexity index is 2200. The molecule has 52 heavy (non-hydrogen) atoms. The van der Waals surface area contributed by atoms with Crippen molar-refractivity contribution in [2.75, 3.05) is 0 Å². The van der Waals surface area contributed by atoms with E-state index in [2.05, 4.69) is 99.3 Å². The van der Waals surface area contributed by atoms with Crippen molar-refractivity contribution < 1.29 is 62.2 Å². The van der Waals surface area contributed by atoms with Crippen LogP contribution in [0.4, 0.5) is 0 Å². The Labute approximate surface area is 356 Å². The van der Waals surface area contributed by atoms with E-state index < -0.39 is 0 Å². The zero-order valence-electron chi connectivity index (χ0n) is 29.4. The minimum absolute atomic E-state index is 0. The fourth-order valence-corrected chi connectivity index (χ4v) is 5.92. The van der Waals surface area contributed by atoms with Crippen molar-refractivity contribution in [3.8, 4) is 33.4 Å². The summed E-state index contributed by atoms with van der Waals surface area (Å²) in [5.41, 5.74) is 19.5. The van der Waals surface area contributed by atoms with Crippen molar-refractivity contribution in [1.29, 1.82) is 0 Å². The fraction of sp³-hybridized carbons (Fsp3) is 0.0625. The number of benzene rings is 6. The van der Waals surface area contributed by atoms with Gasteiger partial charge in [-0.15, -0.1) is 53.1 Å². The average Bonchev–Trinajstić information content (AvgIpc) is 3.18. The summed E-state index contributed by atoms with van der Waals surface area (Å²) in [6.07, 6.45) is 8.74. The van der Waals surface area contributed by atoms with E-state index in [0.717, 1.165) is 78.9 Å². The van der Waals surface area contributed by atoms with Gasteiger partial charge < -0.3 is 5.73 Å². The Hall–Kier alpha value is -4.15. The largest absolute Gasteiger partial charge is 2.00 e. The summed E-state index contributed by atoms with van der Waals surface area (Å²) in [4.78, 5) is 5.19. The minimum atomic E-state index is 0. The Kier molecular flexibility index (Phi) is 15.8. The van der Waals surface area contributed by atoms with E-state index in [0.29, 0.717) is 5.70 Å². The number of nitrogens with two attached hydrogens (primary N) is 1. The van der Waals surface area contributed by atoms with E-state index in [1.165, 1.54) is 0 Å². The van der Waals surface area contributed by atoms with Gasteiger partial charge >= 0.3 is 62.2 Å². The van der Waals surface area contributed by atoms with Crippen molar-refractivity contribution in [3.63, 3.8) is 0 Å². The zero-order chi connectivity index (χ0) is 34.7. The van der Waals surface area contributed by atoms with Crippen LogP contribution in [0.1, 0.15) is 42.5 Å². The van der Waals surface area contributed by atoms with Gasteiger partial charge in [0.1, 0.15) is 0 Å². The van der Waals surface area contributed by atoms with Gasteiger partial charge in [-0.1, -0.05) is 79.7 Å². The van der Waals surface area contributed by atoms with Crippen LogP contribution < -0.4 is 5.73 Å². The number of hydrogen-bond donors (Lipinski definition) is 1. The van der Waals surface area contributed by atoms with E-state index in [9.17, 15) is 0 Å². The first kappa shape index (κ1) is 40.6. The molecule has 0 amide bonds. The third kappa shape index (κ3) is 10.0. The average molecular weight is 1120 g/mol. The Morgan fingerprint density at radius 2 is 1.33 bits per heavy atom. The van der Waals surface area contributed by atoms with E-state index in [4.69, 9.17) is 10.7 Å². The molecule has 0 heterocycles. The van der Waals surface area contributed by atoms with Crippen LogP contribution in [0.3, 0.4) is 0 Å². The smallest absolute Gasteiger partial charge is 0.405 e. The first-order valence-electron chi connectivity index (χ1n) is 16.8. The second-order valence-corrected chi connectivity index (χ2v) is 11.8. The summed E-state index contributed by atoms with van der Waals surface area (Å²) in [5, 5.41) is 0. The van der Waals surface area contributed by atoms with Gasteiger partial charge in [0, 0.05) is 5.56 Å². The third-order valence-corrected chi connectivity index (χ3v) is 8.40. The normalized spacial score (nSPS) is 11.8. The van der Waals surface area contributed by atoms with Crippen LogP contribution in [0.5, 0.6) is 0 Å². The molecule has 0 spiro atoms. The van der Waals surface area contributed by atoms with Gasteiger partial charge in [-0.25, -0.2) is 21.7 Å². The summed E-state index contributed by atoms with van der Waals surface area (Å²) < 4.78 is 0. The summed E-state index contributed by atoms with van der Waals surface area (Å²) in [7, 11) is 0. The molecule has 0 saturated heterocycles. The fourth-order valence-electron chi connectivity index (χ4n) is 5.92. The predicted molar refractivity (Wildman–Crippen MR) is 212 cm³/mol. The topological polar surface area (TPSA) is 38.4 Å². The molecule has 0 atom stereocenters. The molecular weight excluding hydrogens is 1080 g/mol. The van der Waals surface area contributed by atoms with Crippen molar-refractivity contribution >= 4 is 22.6 Å². The van der Waals surface area contributed by atoms with Gasteiger partial charge in [0.15, 0.2) is 0 Å². The van der Waals surface area contributed by atoms with Crippen LogP contribution in [0.25, 0.3) is 50.2 Å². The van der Waals surface area contributed by atoms with Crippen LogP contribution in [-0.2, 0) is 0 Å². The SMILES string of the molecule is C=C(N=C(/C=C(\C)c1ccc(-c2c[c-]c(-c3[c-]cccc3)cc2)[c-]c1-c1[c-]cccc1)c1ccccc1C(/C=C\N)=C/CC)c1ccccc1.[U+2].[U+2]. The van der Waals surface area contributed by atoms with Gasteiger partial charge in [-0.05, 0) is 48.4 Å². The molecule has 0 radical (unpaired) electrons. The Morgan fingerprint density at radius 3 is 1.96 bits per heavy atom. The van der Waals surface area contributed by atoms with Crippen LogP contribution in [0, 0.1) is 86.5 Å². The quantitative estimate of drug-likeness (QED) is 0.0784. The molecule has 0 aliphatic rings. The van der Waals surface area contributed by atoms with Gasteiger partial charge in [0.2, 0.25) is 0 Å². The maximum atomic E-state index is 5.91. The van der Waals surface area contributed by atoms with Crippen LogP contribution in [0.15, 0.2) is 169 Å². The van der Waals surface area contributed by atoms with Gasteiger partial charge in [0.05, 0.1) is 11.4 Å². The summed E-state index contributed by atoms with van der Waals surface area (Å²) in [6, 6.07) is 58.8. The van der Waals surface area contributed by atoms with Crippen molar-refractivity contribution in [3.05, 3.63) is 211 Å². The van der Waals surface area contributed by atoms with Crippen LogP contribution in [0.2, 0.25) is 0 Å². The van der Waals surface area contributed by atoms with E-state index in [1.807, 2.05) is 97.1 Å². The maximum Gasteiger partial charge on any atom is 2.00 e. The summed E-state index contributed by atoms with van der Waals surface area (Å²) in [5.74, 6) is 0. The molecule has 6 aromatic rings. The monoisotopic (exact) mass is 1120 g/mol. The predicted octanol–water partition coefficient (Wildman–Crippen LogP) is 11.7. The molecule has 6 aromatic carbocycles. The van der Waals surface area contributed by atoms with Crippen LogP contribution >= 0.6 is 0 Å². The standard InChI is InChI=1S/C48H38N2.2U/c1-4-16-41(31-32-49)45-23-14-15-24-46(45)48(50-36(3)37-17-8-5-9-18-37)33-35(2)44-30-29-43(34-47(44)42-21-12-7-13-22-42)40-27-25-39(26-28-40)38-19-10-6-11-20-38;;/h5-19,21,23-25,27-33H,3-4,49H2,1-2H3;;/q-4;2*+2/b32-31-,35-33+,41-16+,50-48?;;. The van der Waals surface area contributed by atoms with Gasteiger partial charge in [-0.2, -0.15) is 72.3 Å². The number of nitrogens with zero attached hydrogens (tertiary/aromatic N) is 1. The molecule has 0 fully saturated rings. The number of rotatable bonds is 11. The number of hydrogen-bond acceptors (Lipinski definition) is 2. The molecule has 0 aliphatic heterocycles. The molecule has 4 heteroatoms. The molecule has 2 N–H and O–H groups in total. The van der Waals surface area contributed by atoms with E-state index in [-0.39, 0.29) is 62.2 Å². The van der Waals surface area contributed by atoms with Crippen LogP contribution in [-0.4, -0.2) is 5.71 Å². The van der Waals surface area contributed by atoms with Crippen molar-refractivity contribution in [2.24, 2.45) is 10.7 Å². The summed E-state index contributed by atoms with van der Waals surface area (Å²) >= 11 is 0. The molecule has 0 aromatic heterocycles. The Balaban J connectivity index is 0.00000302. The Morgan fingerprint density at radius 1 is 0.692 bits per heavy atom. The molecule has 0 unspecified atom stereocenters. The minimum Gasteiger partial charge on any atom is -0.405 e. The first-order chi connectivity index (χ1) is 24.6. The number of allylic oxidation sites excluding steroid dienone is 5. The van der Waals surface area contributed by atoms with Gasteiger partial charge in [0.25, 0.3) is 0 Å². The first-order valence-corrected chi connectivity index (χ1v) is 16.8. The second-order valence-electron chi connectivity index (χ2n) is 11.8. The molecule has 0 bridgehead atoms. The van der Waals surface area contributed by atoms with Crippen molar-refractivity contribution in [1.82, 2.24) is 0 Å². The third-order valence-electron chi connectivity index (χ3n) is 8.40. The molecule has 2 nitrogen and oxygen atoms in total. The van der Waals surface area contributed by atoms with E-state index in [1.54, 1.807) is 6.20 Å². The second kappa shape index (κ2) is 20.2. The molecule has 0 saturated carbocycles. The van der Waals surface area contributed by atoms with E-state index >= 15 is 0 Å². The molecular formula is C48H38N2U2.